The van der Waals surface area contributed by atoms with Gasteiger partial charge in [0, 0.05) is 21.3 Å². The number of pyridine rings is 2. The average Bonchev–Trinajstić information content (AvgIpc) is 2.17. The first-order chi connectivity index (χ1) is 7.24. The van der Waals surface area contributed by atoms with Crippen molar-refractivity contribution in [2.24, 2.45) is 0 Å². The number of nitrogens with zero attached hydrogens (tertiary/aromatic N) is 2. The number of hydrogen-bond donors (Lipinski definition) is 1. The number of anilines is 2. The fourth-order valence-corrected chi connectivity index (χ4v) is 1.86. The van der Waals surface area contributed by atoms with Gasteiger partial charge in [-0.3, -0.25) is 9.97 Å². The molecule has 76 valence electrons. The highest BCUT2D eigenvalue weighted by atomic mass is 79.9. The Morgan fingerprint density at radius 2 is 1.27 bits per heavy atom. The molecule has 3 nitrogen and oxygen atoms in total. The van der Waals surface area contributed by atoms with Gasteiger partial charge in [-0.15, -0.1) is 0 Å². The van der Waals surface area contributed by atoms with E-state index in [2.05, 4.69) is 47.1 Å². The summed E-state index contributed by atoms with van der Waals surface area (Å²) in [5, 5.41) is 3.20. The molecule has 2 heterocycles. The normalized spacial score (nSPS) is 10.0. The molecule has 0 aromatic carbocycles. The molecule has 0 aliphatic carbocycles. The minimum Gasteiger partial charge on any atom is -0.353 e. The number of halogens is 2. The Bertz CT molecular complexity index is 430. The lowest BCUT2D eigenvalue weighted by molar-refractivity contribution is 1.28. The maximum absolute atomic E-state index is 4.06. The molecule has 0 radical (unpaired) electrons. The highest BCUT2D eigenvalue weighted by Crippen LogP contribution is 2.20. The lowest BCUT2D eigenvalue weighted by Crippen LogP contribution is -1.91. The van der Waals surface area contributed by atoms with E-state index in [4.69, 9.17) is 0 Å². The van der Waals surface area contributed by atoms with Crippen LogP contribution >= 0.6 is 31.9 Å². The molecule has 0 fully saturated rings. The molecule has 0 saturated carbocycles. The molecule has 0 saturated heterocycles. The largest absolute Gasteiger partial charge is 0.353 e. The van der Waals surface area contributed by atoms with Gasteiger partial charge in [-0.25, -0.2) is 0 Å². The monoisotopic (exact) mass is 327 g/mol. The molecule has 0 bridgehead atoms. The average molecular weight is 329 g/mol. The van der Waals surface area contributed by atoms with Crippen LogP contribution in [0.1, 0.15) is 0 Å². The molecule has 2 aromatic rings. The van der Waals surface area contributed by atoms with Crippen molar-refractivity contribution in [3.63, 3.8) is 0 Å². The van der Waals surface area contributed by atoms with Gasteiger partial charge in [-0.1, -0.05) is 0 Å². The molecule has 0 spiro atoms. The number of rotatable bonds is 2. The second-order valence-corrected chi connectivity index (χ2v) is 4.74. The van der Waals surface area contributed by atoms with Crippen LogP contribution in [-0.2, 0) is 0 Å². The third kappa shape index (κ3) is 3.00. The van der Waals surface area contributed by atoms with Crippen molar-refractivity contribution >= 4 is 43.2 Å². The van der Waals surface area contributed by atoms with Crippen LogP contribution in [0.5, 0.6) is 0 Å². The fraction of sp³-hybridized carbons (Fsp3) is 0. The van der Waals surface area contributed by atoms with Gasteiger partial charge in [-0.05, 0) is 44.0 Å². The lowest BCUT2D eigenvalue weighted by atomic mass is 10.3. The van der Waals surface area contributed by atoms with Gasteiger partial charge in [0.1, 0.15) is 0 Å². The predicted molar refractivity (Wildman–Crippen MR) is 67.2 cm³/mol. The summed E-state index contributed by atoms with van der Waals surface area (Å²) in [6.45, 7) is 0. The van der Waals surface area contributed by atoms with Gasteiger partial charge in [0.25, 0.3) is 0 Å². The molecule has 2 rings (SSSR count). The van der Waals surface area contributed by atoms with Gasteiger partial charge in [0.15, 0.2) is 0 Å². The van der Waals surface area contributed by atoms with Crippen LogP contribution in [0.3, 0.4) is 0 Å². The molecule has 2 aromatic heterocycles. The molecule has 5 heteroatoms. The Hall–Kier alpha value is -0.940. The lowest BCUT2D eigenvalue weighted by Gasteiger charge is -2.05. The third-order valence-electron chi connectivity index (χ3n) is 1.70. The fourth-order valence-electron chi connectivity index (χ4n) is 1.13. The summed E-state index contributed by atoms with van der Waals surface area (Å²) < 4.78 is 1.88. The third-order valence-corrected chi connectivity index (χ3v) is 2.57. The molecule has 0 amide bonds. The summed E-state index contributed by atoms with van der Waals surface area (Å²) in [6.07, 6.45) is 6.99. The van der Waals surface area contributed by atoms with Crippen molar-refractivity contribution in [1.82, 2.24) is 9.97 Å². The van der Waals surface area contributed by atoms with Crippen molar-refractivity contribution in [3.8, 4) is 0 Å². The molecule has 1 N–H and O–H groups in total. The van der Waals surface area contributed by atoms with Crippen LogP contribution in [0.4, 0.5) is 11.4 Å². The minimum atomic E-state index is 0.921. The minimum absolute atomic E-state index is 0.921. The highest BCUT2D eigenvalue weighted by Gasteiger charge is 1.97. The first-order valence-corrected chi connectivity index (χ1v) is 5.81. The Morgan fingerprint density at radius 3 is 1.67 bits per heavy atom. The summed E-state index contributed by atoms with van der Waals surface area (Å²) in [7, 11) is 0. The Balaban J connectivity index is 2.22. The van der Waals surface area contributed by atoms with E-state index in [-0.39, 0.29) is 0 Å². The summed E-state index contributed by atoms with van der Waals surface area (Å²) in [4.78, 5) is 8.12. The second-order valence-electron chi connectivity index (χ2n) is 2.91. The molecule has 15 heavy (non-hydrogen) atoms. The van der Waals surface area contributed by atoms with Crippen LogP contribution in [0, 0.1) is 0 Å². The van der Waals surface area contributed by atoms with Crippen molar-refractivity contribution < 1.29 is 0 Å². The molecule has 0 atom stereocenters. The number of hydrogen-bond acceptors (Lipinski definition) is 3. The predicted octanol–water partition coefficient (Wildman–Crippen LogP) is 3.75. The Kier molecular flexibility index (Phi) is 3.33. The van der Waals surface area contributed by atoms with Crippen LogP contribution in [0.2, 0.25) is 0 Å². The van der Waals surface area contributed by atoms with E-state index in [1.807, 2.05) is 12.1 Å². The SMILES string of the molecule is Brc1cncc(Nc2cncc(Br)c2)c1. The van der Waals surface area contributed by atoms with E-state index in [1.165, 1.54) is 0 Å². The molecule has 0 aliphatic heterocycles. The van der Waals surface area contributed by atoms with E-state index in [0.717, 1.165) is 20.3 Å². The van der Waals surface area contributed by atoms with Crippen LogP contribution < -0.4 is 5.32 Å². The highest BCUT2D eigenvalue weighted by molar-refractivity contribution is 9.10. The molecular weight excluding hydrogens is 322 g/mol. The van der Waals surface area contributed by atoms with Gasteiger partial charge in [0.2, 0.25) is 0 Å². The van der Waals surface area contributed by atoms with Gasteiger partial charge < -0.3 is 5.32 Å². The second kappa shape index (κ2) is 4.72. The summed E-state index contributed by atoms with van der Waals surface area (Å²) in [5.74, 6) is 0. The molecule has 0 aliphatic rings. The zero-order valence-electron chi connectivity index (χ0n) is 7.61. The van der Waals surface area contributed by atoms with Crippen molar-refractivity contribution in [2.45, 2.75) is 0 Å². The van der Waals surface area contributed by atoms with Crippen LogP contribution in [0.15, 0.2) is 45.9 Å². The van der Waals surface area contributed by atoms with E-state index in [0.29, 0.717) is 0 Å². The van der Waals surface area contributed by atoms with Gasteiger partial charge >= 0.3 is 0 Å². The van der Waals surface area contributed by atoms with E-state index >= 15 is 0 Å². The first-order valence-electron chi connectivity index (χ1n) is 4.22. The van der Waals surface area contributed by atoms with Gasteiger partial charge in [-0.2, -0.15) is 0 Å². The van der Waals surface area contributed by atoms with Crippen molar-refractivity contribution in [1.29, 1.82) is 0 Å². The van der Waals surface area contributed by atoms with E-state index in [1.54, 1.807) is 24.8 Å². The van der Waals surface area contributed by atoms with Crippen molar-refractivity contribution in [2.75, 3.05) is 5.32 Å². The number of aromatic nitrogens is 2. The van der Waals surface area contributed by atoms with Crippen LogP contribution in [-0.4, -0.2) is 9.97 Å². The quantitative estimate of drug-likeness (QED) is 0.912. The van der Waals surface area contributed by atoms with Gasteiger partial charge in [0.05, 0.1) is 23.8 Å². The summed E-state index contributed by atoms with van der Waals surface area (Å²) in [5.41, 5.74) is 1.84. The Morgan fingerprint density at radius 1 is 0.800 bits per heavy atom. The summed E-state index contributed by atoms with van der Waals surface area (Å²) in [6, 6.07) is 3.90. The maximum atomic E-state index is 4.06. The zero-order valence-corrected chi connectivity index (χ0v) is 10.8. The van der Waals surface area contributed by atoms with Crippen LogP contribution in [0.25, 0.3) is 0 Å². The molecule has 0 unspecified atom stereocenters. The van der Waals surface area contributed by atoms with E-state index in [9.17, 15) is 0 Å². The first kappa shape index (κ1) is 10.6. The summed E-state index contributed by atoms with van der Waals surface area (Å²) >= 11 is 6.73. The molecular formula is C10H7Br2N3. The number of nitrogens with one attached hydrogen (secondary N) is 1. The zero-order chi connectivity index (χ0) is 10.7. The maximum Gasteiger partial charge on any atom is 0.0582 e. The smallest absolute Gasteiger partial charge is 0.0582 e. The topological polar surface area (TPSA) is 37.8 Å². The Labute approximate surface area is 104 Å². The standard InChI is InChI=1S/C10H7Br2N3/c11-7-1-9(5-13-3-7)15-10-2-8(12)4-14-6-10/h1-6,15H. The van der Waals surface area contributed by atoms with E-state index < -0.39 is 0 Å². The van der Waals surface area contributed by atoms with Crippen molar-refractivity contribution in [3.05, 3.63) is 45.9 Å².